The van der Waals surface area contributed by atoms with E-state index in [1.165, 1.54) is 0 Å². The number of rotatable bonds is 5. The third kappa shape index (κ3) is 3.33. The smallest absolute Gasteiger partial charge is 0.225 e. The Hall–Kier alpha value is -1.66. The maximum absolute atomic E-state index is 12.2. The van der Waals surface area contributed by atoms with Crippen LogP contribution < -0.4 is 5.32 Å². The van der Waals surface area contributed by atoms with Crippen LogP contribution in [0, 0.1) is 5.92 Å². The highest BCUT2D eigenvalue weighted by atomic mass is 32.1. The topological polar surface area (TPSA) is 67.2 Å². The molecule has 6 heteroatoms. The molecule has 112 valence electrons. The molecule has 1 amide bonds. The van der Waals surface area contributed by atoms with Gasteiger partial charge in [-0.05, 0) is 30.2 Å². The number of thiophene rings is 1. The number of carbonyl (C=O) groups excluding carboxylic acids is 1. The SMILES string of the molecule is Cn1cc([C@H](NC(=O)Cc2cccs2)C2CC(O)C2)cn1. The van der Waals surface area contributed by atoms with E-state index in [0.29, 0.717) is 6.42 Å². The van der Waals surface area contributed by atoms with Crippen LogP contribution in [-0.2, 0) is 18.3 Å². The van der Waals surface area contributed by atoms with Crippen molar-refractivity contribution >= 4 is 17.2 Å². The van der Waals surface area contributed by atoms with Gasteiger partial charge in [0.2, 0.25) is 5.91 Å². The summed E-state index contributed by atoms with van der Waals surface area (Å²) in [6.07, 6.45) is 5.37. The molecule has 0 aliphatic heterocycles. The summed E-state index contributed by atoms with van der Waals surface area (Å²) in [5, 5.41) is 18.8. The first-order chi connectivity index (χ1) is 10.1. The summed E-state index contributed by atoms with van der Waals surface area (Å²) in [6, 6.07) is 3.86. The van der Waals surface area contributed by atoms with Gasteiger partial charge in [-0.2, -0.15) is 5.10 Å². The van der Waals surface area contributed by atoms with Crippen LogP contribution in [0.4, 0.5) is 0 Å². The molecule has 2 heterocycles. The minimum absolute atomic E-state index is 0.0210. The van der Waals surface area contributed by atoms with Crippen LogP contribution in [0.2, 0.25) is 0 Å². The predicted molar refractivity (Wildman–Crippen MR) is 80.8 cm³/mol. The molecule has 0 bridgehead atoms. The van der Waals surface area contributed by atoms with E-state index < -0.39 is 0 Å². The number of nitrogens with zero attached hydrogens (tertiary/aromatic N) is 2. The molecule has 0 unspecified atom stereocenters. The molecule has 1 atom stereocenters. The van der Waals surface area contributed by atoms with Gasteiger partial charge < -0.3 is 10.4 Å². The van der Waals surface area contributed by atoms with Gasteiger partial charge in [0.25, 0.3) is 0 Å². The van der Waals surface area contributed by atoms with Crippen LogP contribution in [0.25, 0.3) is 0 Å². The Balaban J connectivity index is 1.68. The number of aryl methyl sites for hydroxylation is 1. The van der Waals surface area contributed by atoms with Crippen molar-refractivity contribution in [1.29, 1.82) is 0 Å². The molecular weight excluding hydrogens is 286 g/mol. The molecule has 2 aromatic heterocycles. The van der Waals surface area contributed by atoms with Gasteiger partial charge in [-0.25, -0.2) is 0 Å². The molecule has 3 rings (SSSR count). The average molecular weight is 305 g/mol. The second-order valence-corrected chi connectivity index (χ2v) is 6.67. The molecule has 2 aromatic rings. The summed E-state index contributed by atoms with van der Waals surface area (Å²) in [6.45, 7) is 0. The lowest BCUT2D eigenvalue weighted by Gasteiger charge is -2.37. The Labute approximate surface area is 127 Å². The minimum atomic E-state index is -0.233. The Morgan fingerprint density at radius 1 is 1.62 bits per heavy atom. The van der Waals surface area contributed by atoms with Gasteiger partial charge in [0.05, 0.1) is 24.8 Å². The fourth-order valence-corrected chi connectivity index (χ4v) is 3.48. The highest BCUT2D eigenvalue weighted by Gasteiger charge is 2.36. The van der Waals surface area contributed by atoms with Crippen molar-refractivity contribution in [2.24, 2.45) is 13.0 Å². The van der Waals surface area contributed by atoms with E-state index >= 15 is 0 Å². The zero-order chi connectivity index (χ0) is 14.8. The molecule has 0 saturated heterocycles. The molecule has 5 nitrogen and oxygen atoms in total. The summed E-state index contributed by atoms with van der Waals surface area (Å²) in [5.41, 5.74) is 1.01. The molecule has 21 heavy (non-hydrogen) atoms. The Morgan fingerprint density at radius 2 is 2.43 bits per heavy atom. The highest BCUT2D eigenvalue weighted by Crippen LogP contribution is 2.38. The molecular formula is C15H19N3O2S. The summed E-state index contributed by atoms with van der Waals surface area (Å²) in [4.78, 5) is 13.3. The summed E-state index contributed by atoms with van der Waals surface area (Å²) in [7, 11) is 1.86. The molecule has 0 radical (unpaired) electrons. The van der Waals surface area contributed by atoms with Crippen molar-refractivity contribution < 1.29 is 9.90 Å². The third-order valence-electron chi connectivity index (χ3n) is 3.94. The van der Waals surface area contributed by atoms with Crippen molar-refractivity contribution in [3.05, 3.63) is 40.3 Å². The first kappa shape index (κ1) is 14.3. The molecule has 1 aliphatic carbocycles. The molecule has 1 aliphatic rings. The average Bonchev–Trinajstić information content (AvgIpc) is 3.04. The molecule has 1 saturated carbocycles. The number of hydrogen-bond acceptors (Lipinski definition) is 4. The predicted octanol–water partition coefficient (Wildman–Crippen LogP) is 1.65. The molecule has 1 fully saturated rings. The van der Waals surface area contributed by atoms with E-state index in [9.17, 15) is 9.90 Å². The van der Waals surface area contributed by atoms with Gasteiger partial charge in [-0.3, -0.25) is 9.48 Å². The van der Waals surface area contributed by atoms with E-state index in [-0.39, 0.29) is 24.0 Å². The van der Waals surface area contributed by atoms with E-state index in [2.05, 4.69) is 10.4 Å². The van der Waals surface area contributed by atoms with Crippen molar-refractivity contribution in [3.8, 4) is 0 Å². The first-order valence-corrected chi connectivity index (χ1v) is 7.98. The zero-order valence-electron chi connectivity index (χ0n) is 11.9. The van der Waals surface area contributed by atoms with Gasteiger partial charge in [0.15, 0.2) is 0 Å². The zero-order valence-corrected chi connectivity index (χ0v) is 12.7. The lowest BCUT2D eigenvalue weighted by molar-refractivity contribution is -0.122. The fourth-order valence-electron chi connectivity index (χ4n) is 2.77. The second-order valence-electron chi connectivity index (χ2n) is 5.63. The summed E-state index contributed by atoms with van der Waals surface area (Å²) in [5.74, 6) is 0.309. The number of aliphatic hydroxyl groups is 1. The van der Waals surface area contributed by atoms with E-state index in [1.807, 2.05) is 30.8 Å². The number of aliphatic hydroxyl groups excluding tert-OH is 1. The Morgan fingerprint density at radius 3 is 3.00 bits per heavy atom. The fraction of sp³-hybridized carbons (Fsp3) is 0.467. The maximum atomic E-state index is 12.2. The van der Waals surface area contributed by atoms with E-state index in [1.54, 1.807) is 22.2 Å². The lowest BCUT2D eigenvalue weighted by atomic mass is 9.75. The molecule has 0 aromatic carbocycles. The van der Waals surface area contributed by atoms with Gasteiger partial charge >= 0.3 is 0 Å². The minimum Gasteiger partial charge on any atom is -0.393 e. The van der Waals surface area contributed by atoms with Gasteiger partial charge in [0, 0.05) is 23.7 Å². The van der Waals surface area contributed by atoms with Crippen LogP contribution >= 0.6 is 11.3 Å². The third-order valence-corrected chi connectivity index (χ3v) is 4.81. The quantitative estimate of drug-likeness (QED) is 0.882. The number of hydrogen-bond donors (Lipinski definition) is 2. The number of carbonyl (C=O) groups is 1. The van der Waals surface area contributed by atoms with Crippen molar-refractivity contribution in [3.63, 3.8) is 0 Å². The maximum Gasteiger partial charge on any atom is 0.225 e. The number of amides is 1. The van der Waals surface area contributed by atoms with Crippen molar-refractivity contribution in [1.82, 2.24) is 15.1 Å². The van der Waals surface area contributed by atoms with Crippen LogP contribution in [0.5, 0.6) is 0 Å². The van der Waals surface area contributed by atoms with Gasteiger partial charge in [-0.1, -0.05) is 6.07 Å². The number of aromatic nitrogens is 2. The van der Waals surface area contributed by atoms with E-state index in [0.717, 1.165) is 23.3 Å². The molecule has 2 N–H and O–H groups in total. The largest absolute Gasteiger partial charge is 0.393 e. The van der Waals surface area contributed by atoms with Crippen molar-refractivity contribution in [2.45, 2.75) is 31.4 Å². The van der Waals surface area contributed by atoms with E-state index in [4.69, 9.17) is 0 Å². The van der Waals surface area contributed by atoms with Gasteiger partial charge in [0.1, 0.15) is 0 Å². The lowest BCUT2D eigenvalue weighted by Crippen LogP contribution is -2.41. The van der Waals surface area contributed by atoms with Crippen molar-refractivity contribution in [2.75, 3.05) is 0 Å². The monoisotopic (exact) mass is 305 g/mol. The van der Waals surface area contributed by atoms with Crippen LogP contribution in [0.1, 0.15) is 29.3 Å². The van der Waals surface area contributed by atoms with Crippen LogP contribution in [-0.4, -0.2) is 26.9 Å². The Bertz CT molecular complexity index is 602. The Kier molecular flexibility index (Phi) is 4.07. The van der Waals surface area contributed by atoms with Crippen LogP contribution in [0.15, 0.2) is 29.9 Å². The first-order valence-electron chi connectivity index (χ1n) is 7.10. The molecule has 0 spiro atoms. The van der Waals surface area contributed by atoms with Gasteiger partial charge in [-0.15, -0.1) is 11.3 Å². The number of nitrogens with one attached hydrogen (secondary N) is 1. The summed E-state index contributed by atoms with van der Waals surface area (Å²) < 4.78 is 1.74. The standard InChI is InChI=1S/C15H19N3O2S/c1-18-9-11(8-16-18)15(10-5-12(19)6-10)17-14(20)7-13-3-2-4-21-13/h2-4,8-10,12,15,19H,5-7H2,1H3,(H,17,20)/t10?,12?,15-/m1/s1. The summed E-state index contributed by atoms with van der Waals surface area (Å²) >= 11 is 1.59. The second kappa shape index (κ2) is 5.99. The van der Waals surface area contributed by atoms with Crippen LogP contribution in [0.3, 0.4) is 0 Å². The highest BCUT2D eigenvalue weighted by molar-refractivity contribution is 7.10. The normalized spacial score (nSPS) is 22.6.